The van der Waals surface area contributed by atoms with Gasteiger partial charge in [0.2, 0.25) is 0 Å². The second-order valence-electron chi connectivity index (χ2n) is 2.90. The van der Waals surface area contributed by atoms with Gasteiger partial charge in [-0.05, 0) is 12.8 Å². The smallest absolute Gasteiger partial charge is 0.138 e. The molecule has 1 unspecified atom stereocenters. The van der Waals surface area contributed by atoms with Crippen LogP contribution >= 0.6 is 0 Å². The van der Waals surface area contributed by atoms with E-state index in [9.17, 15) is 4.79 Å². The Bertz CT molecular complexity index is 134. The van der Waals surface area contributed by atoms with Crippen LogP contribution in [0.25, 0.3) is 0 Å². The Hall–Kier alpha value is -0.410. The molecule has 0 aliphatic heterocycles. The van der Waals surface area contributed by atoms with Gasteiger partial charge in [-0.3, -0.25) is 4.79 Å². The van der Waals surface area contributed by atoms with E-state index in [-0.39, 0.29) is 11.7 Å². The molecule has 3 nitrogen and oxygen atoms in total. The molecule has 1 aliphatic carbocycles. The first-order valence-corrected chi connectivity index (χ1v) is 3.75. The van der Waals surface area contributed by atoms with Crippen LogP contribution in [-0.4, -0.2) is 11.9 Å². The van der Waals surface area contributed by atoms with E-state index in [1.54, 1.807) is 0 Å². The van der Waals surface area contributed by atoms with Gasteiger partial charge in [0, 0.05) is 12.3 Å². The molecule has 1 rings (SSSR count). The molecule has 0 bridgehead atoms. The first kappa shape index (κ1) is 7.69. The van der Waals surface area contributed by atoms with E-state index in [2.05, 4.69) is 0 Å². The van der Waals surface area contributed by atoms with Gasteiger partial charge in [0.05, 0.1) is 6.17 Å². The molecular formula is C7H14N2O. The van der Waals surface area contributed by atoms with Gasteiger partial charge in [-0.1, -0.05) is 6.42 Å². The van der Waals surface area contributed by atoms with Crippen LogP contribution in [0.15, 0.2) is 0 Å². The van der Waals surface area contributed by atoms with Gasteiger partial charge in [0.15, 0.2) is 0 Å². The summed E-state index contributed by atoms with van der Waals surface area (Å²) in [7, 11) is 0. The Morgan fingerprint density at radius 2 is 2.10 bits per heavy atom. The molecule has 0 aromatic rings. The highest BCUT2D eigenvalue weighted by Gasteiger charge is 2.25. The molecule has 3 heteroatoms. The van der Waals surface area contributed by atoms with E-state index in [0.29, 0.717) is 6.42 Å². The molecular weight excluding hydrogens is 128 g/mol. The number of carbonyl (C=O) groups excluding carboxylic acids is 1. The van der Waals surface area contributed by atoms with E-state index >= 15 is 0 Å². The lowest BCUT2D eigenvalue weighted by atomic mass is 9.86. The number of carbonyl (C=O) groups is 1. The summed E-state index contributed by atoms with van der Waals surface area (Å²) in [6.45, 7) is 0. The number of hydrogen-bond donors (Lipinski definition) is 2. The fraction of sp³-hybridized carbons (Fsp3) is 0.857. The Morgan fingerprint density at radius 1 is 1.40 bits per heavy atom. The minimum absolute atomic E-state index is 0.0613. The number of nitrogens with two attached hydrogens (primary N) is 2. The average molecular weight is 142 g/mol. The molecule has 10 heavy (non-hydrogen) atoms. The van der Waals surface area contributed by atoms with Gasteiger partial charge >= 0.3 is 0 Å². The van der Waals surface area contributed by atoms with E-state index in [1.807, 2.05) is 0 Å². The van der Waals surface area contributed by atoms with E-state index < -0.39 is 6.17 Å². The van der Waals surface area contributed by atoms with Crippen LogP contribution in [0.2, 0.25) is 0 Å². The SMILES string of the molecule is NC(N)C1CCCCC1=O. The van der Waals surface area contributed by atoms with Crippen LogP contribution in [-0.2, 0) is 4.79 Å². The zero-order valence-corrected chi connectivity index (χ0v) is 6.05. The fourth-order valence-corrected chi connectivity index (χ4v) is 1.42. The lowest BCUT2D eigenvalue weighted by Gasteiger charge is -2.22. The van der Waals surface area contributed by atoms with Crippen LogP contribution in [0, 0.1) is 5.92 Å². The molecule has 0 amide bonds. The Morgan fingerprint density at radius 3 is 2.50 bits per heavy atom. The minimum Gasteiger partial charge on any atom is -0.315 e. The highest BCUT2D eigenvalue weighted by molar-refractivity contribution is 5.82. The topological polar surface area (TPSA) is 69.1 Å². The summed E-state index contributed by atoms with van der Waals surface area (Å²) in [4.78, 5) is 11.1. The van der Waals surface area contributed by atoms with E-state index in [4.69, 9.17) is 11.5 Å². The minimum atomic E-state index is -0.437. The van der Waals surface area contributed by atoms with Crippen molar-refractivity contribution in [2.24, 2.45) is 17.4 Å². The van der Waals surface area contributed by atoms with Crippen LogP contribution in [0.3, 0.4) is 0 Å². The van der Waals surface area contributed by atoms with Crippen molar-refractivity contribution in [3.63, 3.8) is 0 Å². The van der Waals surface area contributed by atoms with Gasteiger partial charge in [-0.15, -0.1) is 0 Å². The van der Waals surface area contributed by atoms with Crippen molar-refractivity contribution in [2.45, 2.75) is 31.8 Å². The number of hydrogen-bond acceptors (Lipinski definition) is 3. The van der Waals surface area contributed by atoms with E-state index in [0.717, 1.165) is 19.3 Å². The summed E-state index contributed by atoms with van der Waals surface area (Å²) in [5.41, 5.74) is 10.8. The second kappa shape index (κ2) is 3.12. The van der Waals surface area contributed by atoms with Gasteiger partial charge in [0.1, 0.15) is 5.78 Å². The highest BCUT2D eigenvalue weighted by Crippen LogP contribution is 2.20. The van der Waals surface area contributed by atoms with Crippen LogP contribution < -0.4 is 11.5 Å². The third-order valence-electron chi connectivity index (χ3n) is 2.07. The average Bonchev–Trinajstić information content (AvgIpc) is 1.88. The van der Waals surface area contributed by atoms with Crippen molar-refractivity contribution in [1.29, 1.82) is 0 Å². The second-order valence-corrected chi connectivity index (χ2v) is 2.90. The molecule has 0 radical (unpaired) electrons. The predicted molar refractivity (Wildman–Crippen MR) is 39.1 cm³/mol. The van der Waals surface area contributed by atoms with Gasteiger partial charge < -0.3 is 11.5 Å². The number of ketones is 1. The van der Waals surface area contributed by atoms with Crippen molar-refractivity contribution < 1.29 is 4.79 Å². The fourth-order valence-electron chi connectivity index (χ4n) is 1.42. The Labute approximate surface area is 60.8 Å². The normalized spacial score (nSPS) is 27.5. The first-order valence-electron chi connectivity index (χ1n) is 3.75. The largest absolute Gasteiger partial charge is 0.315 e. The van der Waals surface area contributed by atoms with E-state index in [1.165, 1.54) is 0 Å². The maximum atomic E-state index is 11.1. The molecule has 1 aliphatic rings. The van der Waals surface area contributed by atoms with Crippen molar-refractivity contribution in [3.8, 4) is 0 Å². The predicted octanol–water partition coefficient (Wildman–Crippen LogP) is -0.0108. The molecule has 1 atom stereocenters. The third kappa shape index (κ3) is 1.55. The zero-order chi connectivity index (χ0) is 7.56. The summed E-state index contributed by atoms with van der Waals surface area (Å²) < 4.78 is 0. The molecule has 0 aromatic heterocycles. The summed E-state index contributed by atoms with van der Waals surface area (Å²) >= 11 is 0. The van der Waals surface area contributed by atoms with Gasteiger partial charge in [0.25, 0.3) is 0 Å². The standard InChI is InChI=1S/C7H14N2O/c8-7(9)5-3-1-2-4-6(5)10/h5,7H,1-4,8-9H2. The monoisotopic (exact) mass is 142 g/mol. The molecule has 0 spiro atoms. The van der Waals surface area contributed by atoms with Crippen molar-refractivity contribution >= 4 is 5.78 Å². The van der Waals surface area contributed by atoms with Crippen LogP contribution in [0.1, 0.15) is 25.7 Å². The first-order chi connectivity index (χ1) is 4.72. The molecule has 4 N–H and O–H groups in total. The van der Waals surface area contributed by atoms with Gasteiger partial charge in [-0.25, -0.2) is 0 Å². The van der Waals surface area contributed by atoms with Gasteiger partial charge in [-0.2, -0.15) is 0 Å². The molecule has 1 fully saturated rings. The Kier molecular flexibility index (Phi) is 2.40. The molecule has 0 saturated heterocycles. The lowest BCUT2D eigenvalue weighted by molar-refractivity contribution is -0.125. The maximum Gasteiger partial charge on any atom is 0.138 e. The lowest BCUT2D eigenvalue weighted by Crippen LogP contribution is -2.43. The molecule has 0 aromatic carbocycles. The van der Waals surface area contributed by atoms with Crippen LogP contribution in [0.5, 0.6) is 0 Å². The van der Waals surface area contributed by atoms with Crippen molar-refractivity contribution in [2.75, 3.05) is 0 Å². The summed E-state index contributed by atoms with van der Waals surface area (Å²) in [5.74, 6) is 0.190. The number of rotatable bonds is 1. The summed E-state index contributed by atoms with van der Waals surface area (Å²) in [6.07, 6.45) is 3.24. The third-order valence-corrected chi connectivity index (χ3v) is 2.07. The van der Waals surface area contributed by atoms with Crippen molar-refractivity contribution in [1.82, 2.24) is 0 Å². The van der Waals surface area contributed by atoms with Crippen molar-refractivity contribution in [3.05, 3.63) is 0 Å². The quantitative estimate of drug-likeness (QED) is 0.506. The Balaban J connectivity index is 2.48. The zero-order valence-electron chi connectivity index (χ0n) is 6.05. The molecule has 0 heterocycles. The number of Topliss-reactive ketones (excluding diaryl/α,β-unsaturated/α-hetero) is 1. The molecule has 58 valence electrons. The summed E-state index contributed by atoms with van der Waals surface area (Å²) in [6, 6.07) is 0. The highest BCUT2D eigenvalue weighted by atomic mass is 16.1. The summed E-state index contributed by atoms with van der Waals surface area (Å²) in [5, 5.41) is 0. The van der Waals surface area contributed by atoms with Crippen LogP contribution in [0.4, 0.5) is 0 Å². The maximum absolute atomic E-state index is 11.1. The molecule has 1 saturated carbocycles.